The first-order chi connectivity index (χ1) is 14.4. The Bertz CT molecular complexity index is 1150. The van der Waals surface area contributed by atoms with Crippen LogP contribution in [0.5, 0.6) is 0 Å². The number of nitrogens with zero attached hydrogens (tertiary/aromatic N) is 2. The second kappa shape index (κ2) is 9.25. The fourth-order valence-electron chi connectivity index (χ4n) is 2.87. The molecule has 0 spiro atoms. The fraction of sp³-hybridized carbons (Fsp3) is 0.130. The maximum Gasteiger partial charge on any atom is 0.264 e. The second-order valence-electron chi connectivity index (χ2n) is 6.74. The molecule has 0 aliphatic rings. The third-order valence-electron chi connectivity index (χ3n) is 4.46. The molecule has 0 heterocycles. The van der Waals surface area contributed by atoms with E-state index in [0.717, 1.165) is 15.4 Å². The Morgan fingerprint density at radius 1 is 0.967 bits per heavy atom. The Balaban J connectivity index is 1.85. The molecule has 152 valence electrons. The molecule has 0 atom stereocenters. The fourth-order valence-corrected chi connectivity index (χ4v) is 4.30. The van der Waals surface area contributed by atoms with Gasteiger partial charge in [0.15, 0.2) is 0 Å². The van der Waals surface area contributed by atoms with Crippen LogP contribution >= 0.6 is 0 Å². The lowest BCUT2D eigenvalue weighted by Gasteiger charge is -2.24. The van der Waals surface area contributed by atoms with Gasteiger partial charge in [-0.3, -0.25) is 9.10 Å². The average molecular weight is 420 g/mol. The summed E-state index contributed by atoms with van der Waals surface area (Å²) < 4.78 is 27.6. The largest absolute Gasteiger partial charge is 0.325 e. The summed E-state index contributed by atoms with van der Waals surface area (Å²) >= 11 is 0. The summed E-state index contributed by atoms with van der Waals surface area (Å²) in [5.41, 5.74) is 2.71. The van der Waals surface area contributed by atoms with E-state index < -0.39 is 15.9 Å². The van der Waals surface area contributed by atoms with E-state index in [1.54, 1.807) is 66.7 Å². The van der Waals surface area contributed by atoms with Crippen LogP contribution in [-0.2, 0) is 21.2 Å². The van der Waals surface area contributed by atoms with Crippen LogP contribution in [0.25, 0.3) is 0 Å². The van der Waals surface area contributed by atoms with Crippen molar-refractivity contribution in [2.45, 2.75) is 18.2 Å². The van der Waals surface area contributed by atoms with E-state index >= 15 is 0 Å². The van der Waals surface area contributed by atoms with Gasteiger partial charge in [-0.25, -0.2) is 8.42 Å². The minimum absolute atomic E-state index is 0.116. The minimum Gasteiger partial charge on any atom is -0.325 e. The molecule has 0 fully saturated rings. The van der Waals surface area contributed by atoms with Crippen LogP contribution in [0, 0.1) is 18.3 Å². The average Bonchev–Trinajstić information content (AvgIpc) is 2.74. The summed E-state index contributed by atoms with van der Waals surface area (Å²) in [6, 6.07) is 24.0. The van der Waals surface area contributed by atoms with E-state index in [9.17, 15) is 13.2 Å². The van der Waals surface area contributed by atoms with E-state index in [0.29, 0.717) is 11.4 Å². The van der Waals surface area contributed by atoms with Gasteiger partial charge in [0.2, 0.25) is 5.91 Å². The van der Waals surface area contributed by atoms with Crippen molar-refractivity contribution in [1.82, 2.24) is 0 Å². The van der Waals surface area contributed by atoms with E-state index in [1.807, 2.05) is 6.92 Å². The van der Waals surface area contributed by atoms with E-state index in [-0.39, 0.29) is 17.9 Å². The van der Waals surface area contributed by atoms with Gasteiger partial charge in [-0.15, -0.1) is 0 Å². The summed E-state index contributed by atoms with van der Waals surface area (Å²) in [4.78, 5) is 12.8. The molecule has 0 aromatic heterocycles. The molecule has 6 nitrogen and oxygen atoms in total. The molecule has 0 radical (unpaired) electrons. The number of nitrogens with one attached hydrogen (secondary N) is 1. The zero-order valence-corrected chi connectivity index (χ0v) is 17.3. The van der Waals surface area contributed by atoms with Gasteiger partial charge < -0.3 is 5.32 Å². The quantitative estimate of drug-likeness (QED) is 0.629. The van der Waals surface area contributed by atoms with Crippen molar-refractivity contribution in [2.24, 2.45) is 0 Å². The number of nitriles is 1. The molecule has 0 aliphatic heterocycles. The number of carbonyl (C=O) groups excluding carboxylic acids is 1. The standard InChI is InChI=1S/C23H21N3O3S/c1-18-7-13-22(14-8-18)30(28,29)26(21-5-3-2-4-6-21)17-23(27)25-20-11-9-19(10-12-20)15-16-24/h2-14H,15,17H2,1H3,(H,25,27). The number of rotatable bonds is 7. The first kappa shape index (κ1) is 21.1. The summed E-state index contributed by atoms with van der Waals surface area (Å²) in [6.07, 6.45) is 0.283. The molecule has 0 bridgehead atoms. The summed E-state index contributed by atoms with van der Waals surface area (Å²) in [7, 11) is -3.94. The van der Waals surface area contributed by atoms with Crippen molar-refractivity contribution in [3.8, 4) is 6.07 Å². The van der Waals surface area contributed by atoms with Crippen LogP contribution in [-0.4, -0.2) is 20.9 Å². The normalized spacial score (nSPS) is 10.8. The van der Waals surface area contributed by atoms with Crippen LogP contribution in [0.2, 0.25) is 0 Å². The van der Waals surface area contributed by atoms with Crippen LogP contribution in [0.1, 0.15) is 11.1 Å². The highest BCUT2D eigenvalue weighted by Crippen LogP contribution is 2.24. The monoisotopic (exact) mass is 419 g/mol. The van der Waals surface area contributed by atoms with Gasteiger partial charge in [0, 0.05) is 5.69 Å². The van der Waals surface area contributed by atoms with Crippen LogP contribution in [0.3, 0.4) is 0 Å². The third-order valence-corrected chi connectivity index (χ3v) is 6.25. The van der Waals surface area contributed by atoms with Crippen molar-refractivity contribution in [2.75, 3.05) is 16.2 Å². The number of aryl methyl sites for hydroxylation is 1. The molecule has 3 rings (SSSR count). The van der Waals surface area contributed by atoms with E-state index in [4.69, 9.17) is 5.26 Å². The first-order valence-electron chi connectivity index (χ1n) is 9.30. The number of sulfonamides is 1. The van der Waals surface area contributed by atoms with E-state index in [1.165, 1.54) is 12.1 Å². The Morgan fingerprint density at radius 2 is 1.60 bits per heavy atom. The predicted octanol–water partition coefficient (Wildman–Crippen LogP) is 3.90. The minimum atomic E-state index is -3.94. The lowest BCUT2D eigenvalue weighted by molar-refractivity contribution is -0.114. The Kier molecular flexibility index (Phi) is 6.50. The first-order valence-corrected chi connectivity index (χ1v) is 10.7. The van der Waals surface area contributed by atoms with Gasteiger partial charge in [-0.05, 0) is 48.9 Å². The maximum atomic E-state index is 13.3. The zero-order chi connectivity index (χ0) is 21.6. The molecular weight excluding hydrogens is 398 g/mol. The highest BCUT2D eigenvalue weighted by molar-refractivity contribution is 7.92. The van der Waals surface area contributed by atoms with Crippen molar-refractivity contribution in [3.05, 3.63) is 90.0 Å². The number of anilines is 2. The number of carbonyl (C=O) groups is 1. The van der Waals surface area contributed by atoms with Crippen LogP contribution in [0.4, 0.5) is 11.4 Å². The van der Waals surface area contributed by atoms with Crippen LogP contribution in [0.15, 0.2) is 83.8 Å². The Morgan fingerprint density at radius 3 is 2.20 bits per heavy atom. The van der Waals surface area contributed by atoms with E-state index in [2.05, 4.69) is 11.4 Å². The van der Waals surface area contributed by atoms with Gasteiger partial charge in [0.05, 0.1) is 23.1 Å². The second-order valence-corrected chi connectivity index (χ2v) is 8.60. The van der Waals surface area contributed by atoms with Gasteiger partial charge in [-0.2, -0.15) is 5.26 Å². The number of amides is 1. The molecule has 0 saturated heterocycles. The number of hydrogen-bond acceptors (Lipinski definition) is 4. The Hall–Kier alpha value is -3.63. The van der Waals surface area contributed by atoms with Crippen molar-refractivity contribution < 1.29 is 13.2 Å². The molecule has 0 unspecified atom stereocenters. The predicted molar refractivity (Wildman–Crippen MR) is 117 cm³/mol. The third kappa shape index (κ3) is 5.04. The molecule has 0 saturated carbocycles. The summed E-state index contributed by atoms with van der Waals surface area (Å²) in [6.45, 7) is 1.50. The molecule has 0 aliphatic carbocycles. The molecule has 7 heteroatoms. The molecule has 3 aromatic carbocycles. The molecular formula is C23H21N3O3S. The van der Waals surface area contributed by atoms with Crippen molar-refractivity contribution in [3.63, 3.8) is 0 Å². The lowest BCUT2D eigenvalue weighted by Crippen LogP contribution is -2.38. The number of benzene rings is 3. The zero-order valence-electron chi connectivity index (χ0n) is 16.4. The highest BCUT2D eigenvalue weighted by Gasteiger charge is 2.27. The maximum absolute atomic E-state index is 13.3. The van der Waals surface area contributed by atoms with Gasteiger partial charge in [0.25, 0.3) is 10.0 Å². The van der Waals surface area contributed by atoms with Crippen LogP contribution < -0.4 is 9.62 Å². The van der Waals surface area contributed by atoms with Crippen molar-refractivity contribution >= 4 is 27.3 Å². The summed E-state index contributed by atoms with van der Waals surface area (Å²) in [5, 5.41) is 11.5. The topological polar surface area (TPSA) is 90.3 Å². The smallest absolute Gasteiger partial charge is 0.264 e. The number of para-hydroxylation sites is 1. The van der Waals surface area contributed by atoms with Gasteiger partial charge in [0.1, 0.15) is 6.54 Å². The highest BCUT2D eigenvalue weighted by atomic mass is 32.2. The van der Waals surface area contributed by atoms with Gasteiger partial charge >= 0.3 is 0 Å². The van der Waals surface area contributed by atoms with Gasteiger partial charge in [-0.1, -0.05) is 48.0 Å². The molecule has 1 N–H and O–H groups in total. The Labute approximate surface area is 176 Å². The number of hydrogen-bond donors (Lipinski definition) is 1. The van der Waals surface area contributed by atoms with Crippen molar-refractivity contribution in [1.29, 1.82) is 5.26 Å². The molecule has 1 amide bonds. The SMILES string of the molecule is Cc1ccc(S(=O)(=O)N(CC(=O)Nc2ccc(CC#N)cc2)c2ccccc2)cc1. The summed E-state index contributed by atoms with van der Waals surface area (Å²) in [5.74, 6) is -0.470. The molecule has 3 aromatic rings. The molecule has 30 heavy (non-hydrogen) atoms. The lowest BCUT2D eigenvalue weighted by atomic mass is 10.1.